The summed E-state index contributed by atoms with van der Waals surface area (Å²) in [7, 11) is 0. The van der Waals surface area contributed by atoms with Gasteiger partial charge < -0.3 is 0 Å². The standard InChI is InChI=1S/C13H20BrN/c14-13-3-1-2-12(8-13)11-6-4-10(9-15)5-7-11/h10-13H,1-8H2. The van der Waals surface area contributed by atoms with Crippen LogP contribution >= 0.6 is 15.9 Å². The van der Waals surface area contributed by atoms with Gasteiger partial charge in [-0.1, -0.05) is 28.8 Å². The van der Waals surface area contributed by atoms with Gasteiger partial charge in [0, 0.05) is 10.7 Å². The van der Waals surface area contributed by atoms with Gasteiger partial charge in [0.2, 0.25) is 0 Å². The first-order chi connectivity index (χ1) is 7.29. The first-order valence-corrected chi connectivity index (χ1v) is 7.25. The number of hydrogen-bond acceptors (Lipinski definition) is 1. The summed E-state index contributed by atoms with van der Waals surface area (Å²) in [4.78, 5) is 0.768. The van der Waals surface area contributed by atoms with Crippen molar-refractivity contribution in [2.45, 2.75) is 56.2 Å². The van der Waals surface area contributed by atoms with Crippen LogP contribution in [0.4, 0.5) is 0 Å². The number of nitrogens with zero attached hydrogens (tertiary/aromatic N) is 1. The van der Waals surface area contributed by atoms with Crippen molar-refractivity contribution in [3.05, 3.63) is 0 Å². The molecule has 0 amide bonds. The highest BCUT2D eigenvalue weighted by molar-refractivity contribution is 9.09. The fourth-order valence-electron chi connectivity index (χ4n) is 3.31. The SMILES string of the molecule is N#CC1CCC(C2CCCC(Br)C2)CC1. The van der Waals surface area contributed by atoms with Gasteiger partial charge in [-0.3, -0.25) is 0 Å². The molecular formula is C13H20BrN. The molecule has 0 bridgehead atoms. The first kappa shape index (κ1) is 11.5. The Kier molecular flexibility index (Phi) is 4.08. The van der Waals surface area contributed by atoms with Crippen molar-refractivity contribution in [3.8, 4) is 6.07 Å². The zero-order valence-electron chi connectivity index (χ0n) is 9.29. The lowest BCUT2D eigenvalue weighted by molar-refractivity contribution is 0.185. The molecule has 2 fully saturated rings. The van der Waals surface area contributed by atoms with Crippen LogP contribution in [0.15, 0.2) is 0 Å². The zero-order chi connectivity index (χ0) is 10.7. The second kappa shape index (κ2) is 5.34. The van der Waals surface area contributed by atoms with Crippen LogP contribution in [0.2, 0.25) is 0 Å². The first-order valence-electron chi connectivity index (χ1n) is 6.33. The number of halogens is 1. The summed E-state index contributed by atoms with van der Waals surface area (Å²) in [6.07, 6.45) is 10.5. The number of alkyl halides is 1. The van der Waals surface area contributed by atoms with Crippen molar-refractivity contribution in [1.29, 1.82) is 5.26 Å². The van der Waals surface area contributed by atoms with Crippen molar-refractivity contribution in [3.63, 3.8) is 0 Å². The molecule has 0 spiro atoms. The molecular weight excluding hydrogens is 250 g/mol. The van der Waals surface area contributed by atoms with Gasteiger partial charge in [-0.25, -0.2) is 0 Å². The Morgan fingerprint density at radius 1 is 0.933 bits per heavy atom. The van der Waals surface area contributed by atoms with E-state index in [1.54, 1.807) is 0 Å². The monoisotopic (exact) mass is 269 g/mol. The number of nitriles is 1. The number of hydrogen-bond donors (Lipinski definition) is 0. The van der Waals surface area contributed by atoms with Crippen LogP contribution in [0, 0.1) is 29.1 Å². The topological polar surface area (TPSA) is 23.8 Å². The second-order valence-corrected chi connectivity index (χ2v) is 6.56. The fourth-order valence-corrected chi connectivity index (χ4v) is 4.12. The average Bonchev–Trinajstić information content (AvgIpc) is 2.29. The summed E-state index contributed by atoms with van der Waals surface area (Å²) < 4.78 is 0. The van der Waals surface area contributed by atoms with E-state index >= 15 is 0 Å². The van der Waals surface area contributed by atoms with Gasteiger partial charge in [0.25, 0.3) is 0 Å². The maximum atomic E-state index is 8.87. The summed E-state index contributed by atoms with van der Waals surface area (Å²) in [5, 5.41) is 8.87. The van der Waals surface area contributed by atoms with Gasteiger partial charge in [0.05, 0.1) is 6.07 Å². The smallest absolute Gasteiger partial charge is 0.0655 e. The summed E-state index contributed by atoms with van der Waals surface area (Å²) in [6, 6.07) is 2.43. The van der Waals surface area contributed by atoms with Crippen molar-refractivity contribution in [2.24, 2.45) is 17.8 Å². The Labute approximate surface area is 101 Å². The van der Waals surface area contributed by atoms with Crippen LogP contribution in [0.25, 0.3) is 0 Å². The minimum Gasteiger partial charge on any atom is -0.198 e. The Hall–Kier alpha value is -0.0300. The van der Waals surface area contributed by atoms with Crippen molar-refractivity contribution >= 4 is 15.9 Å². The minimum atomic E-state index is 0.365. The summed E-state index contributed by atoms with van der Waals surface area (Å²) in [5.41, 5.74) is 0. The van der Waals surface area contributed by atoms with E-state index in [1.165, 1.54) is 38.5 Å². The molecule has 2 heteroatoms. The maximum absolute atomic E-state index is 8.87. The van der Waals surface area contributed by atoms with E-state index in [-0.39, 0.29) is 0 Å². The fraction of sp³-hybridized carbons (Fsp3) is 0.923. The van der Waals surface area contributed by atoms with Crippen LogP contribution in [0.5, 0.6) is 0 Å². The zero-order valence-corrected chi connectivity index (χ0v) is 10.9. The summed E-state index contributed by atoms with van der Waals surface area (Å²) in [6.45, 7) is 0. The lowest BCUT2D eigenvalue weighted by Crippen LogP contribution is -2.26. The molecule has 0 N–H and O–H groups in total. The van der Waals surface area contributed by atoms with Crippen molar-refractivity contribution in [2.75, 3.05) is 0 Å². The van der Waals surface area contributed by atoms with E-state index < -0.39 is 0 Å². The molecule has 0 heterocycles. The highest BCUT2D eigenvalue weighted by atomic mass is 79.9. The summed E-state index contributed by atoms with van der Waals surface area (Å²) >= 11 is 3.77. The maximum Gasteiger partial charge on any atom is 0.0655 e. The molecule has 0 aromatic rings. The molecule has 2 saturated carbocycles. The average molecular weight is 270 g/mol. The van der Waals surface area contributed by atoms with E-state index in [9.17, 15) is 0 Å². The second-order valence-electron chi connectivity index (χ2n) is 5.26. The molecule has 2 unspecified atom stereocenters. The van der Waals surface area contributed by atoms with Gasteiger partial charge in [-0.05, 0) is 50.4 Å². The van der Waals surface area contributed by atoms with Gasteiger partial charge in [0.1, 0.15) is 0 Å². The van der Waals surface area contributed by atoms with E-state index in [4.69, 9.17) is 5.26 Å². The van der Waals surface area contributed by atoms with Gasteiger partial charge in [-0.2, -0.15) is 5.26 Å². The highest BCUT2D eigenvalue weighted by Crippen LogP contribution is 2.41. The van der Waals surface area contributed by atoms with Gasteiger partial charge in [0.15, 0.2) is 0 Å². The largest absolute Gasteiger partial charge is 0.198 e. The van der Waals surface area contributed by atoms with Crippen LogP contribution in [0.3, 0.4) is 0 Å². The Morgan fingerprint density at radius 3 is 2.27 bits per heavy atom. The van der Waals surface area contributed by atoms with Crippen molar-refractivity contribution in [1.82, 2.24) is 0 Å². The van der Waals surface area contributed by atoms with E-state index in [2.05, 4.69) is 22.0 Å². The molecule has 0 saturated heterocycles. The predicted molar refractivity (Wildman–Crippen MR) is 65.7 cm³/mol. The molecule has 1 nitrogen and oxygen atoms in total. The van der Waals surface area contributed by atoms with Gasteiger partial charge in [-0.15, -0.1) is 0 Å². The molecule has 2 aliphatic carbocycles. The predicted octanol–water partition coefficient (Wildman–Crippen LogP) is 4.27. The van der Waals surface area contributed by atoms with Crippen LogP contribution in [-0.4, -0.2) is 4.83 Å². The number of rotatable bonds is 1. The molecule has 15 heavy (non-hydrogen) atoms. The van der Waals surface area contributed by atoms with E-state index in [0.29, 0.717) is 5.92 Å². The highest BCUT2D eigenvalue weighted by Gasteiger charge is 2.30. The van der Waals surface area contributed by atoms with Crippen LogP contribution in [0.1, 0.15) is 51.4 Å². The molecule has 84 valence electrons. The third-order valence-corrected chi connectivity index (χ3v) is 5.10. The van der Waals surface area contributed by atoms with Crippen LogP contribution in [-0.2, 0) is 0 Å². The lowest BCUT2D eigenvalue weighted by Gasteiger charge is -2.35. The van der Waals surface area contributed by atoms with Gasteiger partial charge >= 0.3 is 0 Å². The van der Waals surface area contributed by atoms with Crippen LogP contribution < -0.4 is 0 Å². The molecule has 0 radical (unpaired) electrons. The molecule has 0 aromatic carbocycles. The Balaban J connectivity index is 1.82. The molecule has 2 rings (SSSR count). The molecule has 2 atom stereocenters. The normalized spacial score (nSPS) is 42.1. The van der Waals surface area contributed by atoms with E-state index in [1.807, 2.05) is 0 Å². The van der Waals surface area contributed by atoms with E-state index in [0.717, 1.165) is 29.5 Å². The Morgan fingerprint density at radius 2 is 1.67 bits per heavy atom. The third-order valence-electron chi connectivity index (χ3n) is 4.27. The lowest BCUT2D eigenvalue weighted by atomic mass is 9.71. The summed E-state index contributed by atoms with van der Waals surface area (Å²) in [5.74, 6) is 2.24. The third kappa shape index (κ3) is 2.97. The minimum absolute atomic E-state index is 0.365. The van der Waals surface area contributed by atoms with Crippen molar-refractivity contribution < 1.29 is 0 Å². The Bertz CT molecular complexity index is 237. The quantitative estimate of drug-likeness (QED) is 0.653. The molecule has 0 aliphatic heterocycles. The molecule has 2 aliphatic rings. The molecule has 0 aromatic heterocycles.